The highest BCUT2D eigenvalue weighted by atomic mass is 32.2. The van der Waals surface area contributed by atoms with E-state index in [4.69, 9.17) is 10.00 Å². The van der Waals surface area contributed by atoms with Crippen LogP contribution in [0.4, 0.5) is 0 Å². The van der Waals surface area contributed by atoms with Crippen molar-refractivity contribution in [1.82, 2.24) is 10.9 Å². The molecule has 0 atom stereocenters. The van der Waals surface area contributed by atoms with Crippen molar-refractivity contribution in [3.8, 4) is 6.07 Å². The number of amides is 1. The van der Waals surface area contributed by atoms with Gasteiger partial charge < -0.3 is 4.74 Å². The Morgan fingerprint density at radius 2 is 1.95 bits per heavy atom. The first-order valence-electron chi connectivity index (χ1n) is 6.10. The van der Waals surface area contributed by atoms with Gasteiger partial charge in [-0.2, -0.15) is 5.26 Å². The highest BCUT2D eigenvalue weighted by Gasteiger charge is 2.17. The highest BCUT2D eigenvalue weighted by Crippen LogP contribution is 2.14. The molecule has 0 bridgehead atoms. The maximum Gasteiger partial charge on any atom is 0.351 e. The third-order valence-corrected chi connectivity index (χ3v) is 3.06. The molecule has 0 aliphatic heterocycles. The standard InChI is InChI=1S/C14H15N3O3S/c1-3-20-14(19)11(9-15)13(21-2)17-16-12(18)10-7-5-4-6-8-10/h4-8,17H,3H2,1-2H3,(H,16,18). The van der Waals surface area contributed by atoms with E-state index in [2.05, 4.69) is 10.9 Å². The summed E-state index contributed by atoms with van der Waals surface area (Å²) in [5.41, 5.74) is 5.29. The molecule has 0 radical (unpaired) electrons. The second kappa shape index (κ2) is 8.66. The van der Waals surface area contributed by atoms with Crippen molar-refractivity contribution in [2.45, 2.75) is 6.92 Å². The number of nitrogens with one attached hydrogen (secondary N) is 2. The molecule has 0 aromatic heterocycles. The van der Waals surface area contributed by atoms with Crippen LogP contribution < -0.4 is 10.9 Å². The van der Waals surface area contributed by atoms with E-state index in [1.165, 1.54) is 0 Å². The summed E-state index contributed by atoms with van der Waals surface area (Å²) in [6.07, 6.45) is 1.67. The van der Waals surface area contributed by atoms with Crippen molar-refractivity contribution < 1.29 is 14.3 Å². The number of hydrazine groups is 1. The predicted octanol–water partition coefficient (Wildman–Crippen LogP) is 1.58. The summed E-state index contributed by atoms with van der Waals surface area (Å²) >= 11 is 1.12. The Morgan fingerprint density at radius 1 is 1.29 bits per heavy atom. The van der Waals surface area contributed by atoms with Crippen LogP contribution >= 0.6 is 11.8 Å². The molecule has 2 N–H and O–H groups in total. The topological polar surface area (TPSA) is 91.2 Å². The summed E-state index contributed by atoms with van der Waals surface area (Å²) < 4.78 is 4.78. The molecular weight excluding hydrogens is 290 g/mol. The number of nitrogens with zero attached hydrogens (tertiary/aromatic N) is 1. The number of hydrogen-bond donors (Lipinski definition) is 2. The van der Waals surface area contributed by atoms with Crippen molar-refractivity contribution in [1.29, 1.82) is 5.26 Å². The first-order valence-corrected chi connectivity index (χ1v) is 7.33. The van der Waals surface area contributed by atoms with Crippen LogP contribution in [0.5, 0.6) is 0 Å². The highest BCUT2D eigenvalue weighted by molar-refractivity contribution is 8.02. The summed E-state index contributed by atoms with van der Waals surface area (Å²) in [5.74, 6) is -1.10. The number of rotatable bonds is 6. The van der Waals surface area contributed by atoms with Crippen molar-refractivity contribution in [2.75, 3.05) is 12.9 Å². The molecule has 0 aliphatic rings. The summed E-state index contributed by atoms with van der Waals surface area (Å²) in [7, 11) is 0. The second-order valence-electron chi connectivity index (χ2n) is 3.69. The zero-order valence-electron chi connectivity index (χ0n) is 11.7. The maximum absolute atomic E-state index is 11.9. The molecule has 0 heterocycles. The molecule has 0 unspecified atom stereocenters. The van der Waals surface area contributed by atoms with Crippen molar-refractivity contribution in [3.63, 3.8) is 0 Å². The van der Waals surface area contributed by atoms with Gasteiger partial charge in [-0.05, 0) is 25.3 Å². The molecule has 6 nitrogen and oxygen atoms in total. The molecule has 1 aromatic carbocycles. The lowest BCUT2D eigenvalue weighted by atomic mass is 10.2. The van der Waals surface area contributed by atoms with Gasteiger partial charge in [-0.15, -0.1) is 11.8 Å². The molecule has 0 aliphatic carbocycles. The number of carbonyl (C=O) groups is 2. The van der Waals surface area contributed by atoms with E-state index in [0.717, 1.165) is 11.8 Å². The van der Waals surface area contributed by atoms with Crippen LogP contribution in [-0.4, -0.2) is 24.7 Å². The molecular formula is C14H15N3O3S. The van der Waals surface area contributed by atoms with E-state index in [9.17, 15) is 9.59 Å². The fourth-order valence-corrected chi connectivity index (χ4v) is 1.87. The quantitative estimate of drug-likeness (QED) is 0.359. The average Bonchev–Trinajstić information content (AvgIpc) is 2.52. The smallest absolute Gasteiger partial charge is 0.351 e. The first kappa shape index (κ1) is 16.6. The molecule has 110 valence electrons. The third kappa shape index (κ3) is 4.85. The van der Waals surface area contributed by atoms with Gasteiger partial charge in [-0.1, -0.05) is 18.2 Å². The lowest BCUT2D eigenvalue weighted by Gasteiger charge is -2.11. The Kier molecular flexibility index (Phi) is 6.84. The molecule has 1 aromatic rings. The van der Waals surface area contributed by atoms with E-state index < -0.39 is 5.97 Å². The fraction of sp³-hybridized carbons (Fsp3) is 0.214. The van der Waals surface area contributed by atoms with Crippen LogP contribution in [0.25, 0.3) is 0 Å². The Hall–Kier alpha value is -2.46. The lowest BCUT2D eigenvalue weighted by molar-refractivity contribution is -0.138. The van der Waals surface area contributed by atoms with Gasteiger partial charge in [0.2, 0.25) is 0 Å². The summed E-state index contributed by atoms with van der Waals surface area (Å²) in [6.45, 7) is 1.82. The van der Waals surface area contributed by atoms with E-state index >= 15 is 0 Å². The molecule has 1 amide bonds. The SMILES string of the molecule is CCOC(=O)C(C#N)=C(NNC(=O)c1ccccc1)SC. The normalized spacial score (nSPS) is 10.9. The Bertz CT molecular complexity index is 579. The minimum Gasteiger partial charge on any atom is -0.462 e. The van der Waals surface area contributed by atoms with Gasteiger partial charge in [0.15, 0.2) is 5.57 Å². The monoisotopic (exact) mass is 305 g/mol. The van der Waals surface area contributed by atoms with Gasteiger partial charge in [0.25, 0.3) is 5.91 Å². The van der Waals surface area contributed by atoms with Gasteiger partial charge in [-0.25, -0.2) is 4.79 Å². The number of thioether (sulfide) groups is 1. The van der Waals surface area contributed by atoms with Crippen LogP contribution in [0.1, 0.15) is 17.3 Å². The number of hydrogen-bond acceptors (Lipinski definition) is 6. The van der Waals surface area contributed by atoms with Gasteiger partial charge in [0, 0.05) is 5.56 Å². The number of esters is 1. The van der Waals surface area contributed by atoms with Gasteiger partial charge in [-0.3, -0.25) is 15.6 Å². The van der Waals surface area contributed by atoms with Crippen molar-refractivity contribution in [3.05, 3.63) is 46.5 Å². The minimum atomic E-state index is -0.731. The molecule has 0 saturated carbocycles. The number of ether oxygens (including phenoxy) is 1. The summed E-state index contributed by atoms with van der Waals surface area (Å²) in [5, 5.41) is 9.25. The van der Waals surface area contributed by atoms with E-state index in [1.54, 1.807) is 49.6 Å². The number of benzene rings is 1. The molecule has 7 heteroatoms. The lowest BCUT2D eigenvalue weighted by Crippen LogP contribution is -2.37. The largest absolute Gasteiger partial charge is 0.462 e. The zero-order valence-corrected chi connectivity index (χ0v) is 12.5. The van der Waals surface area contributed by atoms with Crippen molar-refractivity contribution >= 4 is 23.6 Å². The number of nitriles is 1. The first-order chi connectivity index (χ1) is 10.1. The van der Waals surface area contributed by atoms with E-state index in [1.807, 2.05) is 0 Å². The van der Waals surface area contributed by atoms with Gasteiger partial charge >= 0.3 is 5.97 Å². The third-order valence-electron chi connectivity index (χ3n) is 2.35. The fourth-order valence-electron chi connectivity index (χ4n) is 1.38. The van der Waals surface area contributed by atoms with Crippen LogP contribution in [0.3, 0.4) is 0 Å². The summed E-state index contributed by atoms with van der Waals surface area (Å²) in [4.78, 5) is 23.5. The van der Waals surface area contributed by atoms with Crippen LogP contribution in [0.2, 0.25) is 0 Å². The van der Waals surface area contributed by atoms with Crippen LogP contribution in [0.15, 0.2) is 40.9 Å². The van der Waals surface area contributed by atoms with E-state index in [-0.39, 0.29) is 23.1 Å². The summed E-state index contributed by atoms with van der Waals surface area (Å²) in [6, 6.07) is 10.3. The predicted molar refractivity (Wildman–Crippen MR) is 79.8 cm³/mol. The maximum atomic E-state index is 11.9. The second-order valence-corrected chi connectivity index (χ2v) is 4.50. The van der Waals surface area contributed by atoms with Crippen LogP contribution in [0, 0.1) is 11.3 Å². The zero-order chi connectivity index (χ0) is 15.7. The Labute approximate surface area is 127 Å². The Balaban J connectivity index is 2.80. The van der Waals surface area contributed by atoms with Crippen molar-refractivity contribution in [2.24, 2.45) is 0 Å². The van der Waals surface area contributed by atoms with Crippen LogP contribution in [-0.2, 0) is 9.53 Å². The van der Waals surface area contributed by atoms with E-state index in [0.29, 0.717) is 5.56 Å². The minimum absolute atomic E-state index is 0.169. The van der Waals surface area contributed by atoms with Gasteiger partial charge in [0.05, 0.1) is 6.61 Å². The molecule has 0 fully saturated rings. The molecule has 0 spiro atoms. The Morgan fingerprint density at radius 3 is 2.48 bits per heavy atom. The molecule has 1 rings (SSSR count). The molecule has 21 heavy (non-hydrogen) atoms. The number of carbonyl (C=O) groups excluding carboxylic acids is 2. The van der Waals surface area contributed by atoms with Gasteiger partial charge in [0.1, 0.15) is 11.1 Å². The average molecular weight is 305 g/mol. The molecule has 0 saturated heterocycles.